The Hall–Kier alpha value is -0.570. The van der Waals surface area contributed by atoms with Gasteiger partial charge in [-0.3, -0.25) is 0 Å². The normalized spacial score (nSPS) is 15.0. The van der Waals surface area contributed by atoms with Gasteiger partial charge in [-0.15, -0.1) is 0 Å². The van der Waals surface area contributed by atoms with Crippen molar-refractivity contribution in [1.82, 2.24) is 0 Å². The molecule has 1 atom stereocenters. The molecule has 84 valence electrons. The van der Waals surface area contributed by atoms with Crippen LogP contribution in [0, 0.1) is 6.92 Å². The molecule has 0 amide bonds. The molecular weight excluding hydrogens is 210 g/mol. The molecule has 3 N–H and O–H groups in total. The molecule has 0 aliphatic carbocycles. The van der Waals surface area contributed by atoms with Crippen LogP contribution in [0.1, 0.15) is 24.5 Å². The summed E-state index contributed by atoms with van der Waals surface area (Å²) in [4.78, 5) is 0. The van der Waals surface area contributed by atoms with E-state index in [0.717, 1.165) is 16.1 Å². The maximum atomic E-state index is 10.1. The second kappa shape index (κ2) is 4.97. The van der Waals surface area contributed by atoms with Crippen LogP contribution in [0.5, 0.6) is 0 Å². The van der Waals surface area contributed by atoms with E-state index in [4.69, 9.17) is 17.3 Å². The third-order valence-electron chi connectivity index (χ3n) is 2.79. The average Bonchev–Trinajstić information content (AvgIpc) is 2.23. The molecule has 1 aromatic rings. The molecule has 0 aliphatic heterocycles. The summed E-state index contributed by atoms with van der Waals surface area (Å²) in [7, 11) is 0. The number of hydrogen-bond acceptors (Lipinski definition) is 2. The molecule has 0 saturated carbocycles. The Morgan fingerprint density at radius 2 is 2.13 bits per heavy atom. The van der Waals surface area contributed by atoms with Gasteiger partial charge in [-0.25, -0.2) is 0 Å². The van der Waals surface area contributed by atoms with Gasteiger partial charge < -0.3 is 10.8 Å². The van der Waals surface area contributed by atoms with Crippen molar-refractivity contribution in [2.75, 3.05) is 6.54 Å². The molecular formula is C12H18ClNO. The molecule has 3 heteroatoms. The second-order valence-corrected chi connectivity index (χ2v) is 4.45. The minimum atomic E-state index is -0.791. The summed E-state index contributed by atoms with van der Waals surface area (Å²) in [6, 6.07) is 5.79. The van der Waals surface area contributed by atoms with Crippen molar-refractivity contribution in [2.45, 2.75) is 32.3 Å². The largest absolute Gasteiger partial charge is 0.388 e. The Labute approximate surface area is 96.1 Å². The molecule has 0 aromatic heterocycles. The van der Waals surface area contributed by atoms with E-state index in [9.17, 15) is 5.11 Å². The van der Waals surface area contributed by atoms with Gasteiger partial charge in [-0.05, 0) is 30.5 Å². The Morgan fingerprint density at radius 3 is 2.60 bits per heavy atom. The first kappa shape index (κ1) is 12.5. The van der Waals surface area contributed by atoms with Crippen LogP contribution in [-0.4, -0.2) is 17.3 Å². The summed E-state index contributed by atoms with van der Waals surface area (Å²) in [6.07, 6.45) is 1.24. The van der Waals surface area contributed by atoms with Crippen molar-refractivity contribution in [3.05, 3.63) is 34.3 Å². The fraction of sp³-hybridized carbons (Fsp3) is 0.500. The zero-order chi connectivity index (χ0) is 11.5. The minimum absolute atomic E-state index is 0.283. The van der Waals surface area contributed by atoms with Gasteiger partial charge in [0, 0.05) is 18.0 Å². The number of benzene rings is 1. The lowest BCUT2D eigenvalue weighted by atomic mass is 9.91. The van der Waals surface area contributed by atoms with Gasteiger partial charge in [0.25, 0.3) is 0 Å². The summed E-state index contributed by atoms with van der Waals surface area (Å²) in [5.41, 5.74) is 6.87. The van der Waals surface area contributed by atoms with Crippen molar-refractivity contribution in [1.29, 1.82) is 0 Å². The van der Waals surface area contributed by atoms with Crippen LogP contribution in [0.2, 0.25) is 5.02 Å². The van der Waals surface area contributed by atoms with E-state index < -0.39 is 5.60 Å². The molecule has 0 radical (unpaired) electrons. The molecule has 1 unspecified atom stereocenters. The number of aliphatic hydroxyl groups is 1. The summed E-state index contributed by atoms with van der Waals surface area (Å²) in [5.74, 6) is 0. The highest BCUT2D eigenvalue weighted by Crippen LogP contribution is 2.21. The topological polar surface area (TPSA) is 46.2 Å². The van der Waals surface area contributed by atoms with Crippen LogP contribution in [0.4, 0.5) is 0 Å². The van der Waals surface area contributed by atoms with Crippen molar-refractivity contribution in [2.24, 2.45) is 5.73 Å². The highest BCUT2D eigenvalue weighted by molar-refractivity contribution is 6.31. The molecule has 2 nitrogen and oxygen atoms in total. The quantitative estimate of drug-likeness (QED) is 0.829. The Kier molecular flexibility index (Phi) is 4.14. The molecule has 0 aliphatic rings. The van der Waals surface area contributed by atoms with Crippen molar-refractivity contribution >= 4 is 11.6 Å². The van der Waals surface area contributed by atoms with Gasteiger partial charge in [0.2, 0.25) is 0 Å². The van der Waals surface area contributed by atoms with E-state index in [1.807, 2.05) is 32.0 Å². The lowest BCUT2D eigenvalue weighted by molar-refractivity contribution is 0.0456. The summed E-state index contributed by atoms with van der Waals surface area (Å²) in [5, 5.41) is 10.8. The lowest BCUT2D eigenvalue weighted by Gasteiger charge is -2.25. The van der Waals surface area contributed by atoms with Crippen LogP contribution < -0.4 is 5.73 Å². The Bertz CT molecular complexity index is 334. The number of hydrogen-bond donors (Lipinski definition) is 2. The second-order valence-electron chi connectivity index (χ2n) is 4.04. The number of aryl methyl sites for hydroxylation is 1. The third kappa shape index (κ3) is 3.20. The van der Waals surface area contributed by atoms with E-state index in [0.29, 0.717) is 12.8 Å². The van der Waals surface area contributed by atoms with Crippen molar-refractivity contribution < 1.29 is 5.11 Å². The third-order valence-corrected chi connectivity index (χ3v) is 3.22. The number of rotatable bonds is 4. The Morgan fingerprint density at radius 1 is 1.47 bits per heavy atom. The first-order valence-electron chi connectivity index (χ1n) is 5.18. The highest BCUT2D eigenvalue weighted by Gasteiger charge is 2.22. The standard InChI is InChI=1S/C12H18ClNO/c1-3-12(15,8-14)7-10-4-5-11(13)9(2)6-10/h4-6,15H,3,7-8,14H2,1-2H3. The van der Waals surface area contributed by atoms with Crippen LogP contribution in [0.25, 0.3) is 0 Å². The summed E-state index contributed by atoms with van der Waals surface area (Å²) >= 11 is 5.93. The first-order chi connectivity index (χ1) is 7.00. The molecule has 1 rings (SSSR count). The van der Waals surface area contributed by atoms with E-state index in [2.05, 4.69) is 0 Å². The molecule has 15 heavy (non-hydrogen) atoms. The van der Waals surface area contributed by atoms with Gasteiger partial charge in [0.1, 0.15) is 0 Å². The lowest BCUT2D eigenvalue weighted by Crippen LogP contribution is -2.39. The zero-order valence-corrected chi connectivity index (χ0v) is 10.0. The molecule has 0 saturated heterocycles. The van der Waals surface area contributed by atoms with Crippen LogP contribution in [-0.2, 0) is 6.42 Å². The van der Waals surface area contributed by atoms with Gasteiger partial charge >= 0.3 is 0 Å². The first-order valence-corrected chi connectivity index (χ1v) is 5.56. The van der Waals surface area contributed by atoms with Crippen LogP contribution in [0.15, 0.2) is 18.2 Å². The fourth-order valence-corrected chi connectivity index (χ4v) is 1.66. The molecule has 0 bridgehead atoms. The molecule has 0 spiro atoms. The van der Waals surface area contributed by atoms with E-state index in [-0.39, 0.29) is 6.54 Å². The van der Waals surface area contributed by atoms with Gasteiger partial charge in [-0.1, -0.05) is 30.7 Å². The zero-order valence-electron chi connectivity index (χ0n) is 9.26. The van der Waals surface area contributed by atoms with Crippen molar-refractivity contribution in [3.63, 3.8) is 0 Å². The predicted octanol–water partition coefficient (Wildman–Crippen LogP) is 2.29. The summed E-state index contributed by atoms with van der Waals surface area (Å²) < 4.78 is 0. The van der Waals surface area contributed by atoms with Crippen LogP contribution >= 0.6 is 11.6 Å². The number of nitrogens with two attached hydrogens (primary N) is 1. The maximum Gasteiger partial charge on any atom is 0.0806 e. The average molecular weight is 228 g/mol. The Balaban J connectivity index is 2.85. The van der Waals surface area contributed by atoms with Crippen molar-refractivity contribution in [3.8, 4) is 0 Å². The molecule has 1 aromatic carbocycles. The molecule has 0 fully saturated rings. The minimum Gasteiger partial charge on any atom is -0.388 e. The highest BCUT2D eigenvalue weighted by atomic mass is 35.5. The molecule has 0 heterocycles. The smallest absolute Gasteiger partial charge is 0.0806 e. The maximum absolute atomic E-state index is 10.1. The summed E-state index contributed by atoms with van der Waals surface area (Å²) in [6.45, 7) is 4.18. The van der Waals surface area contributed by atoms with Crippen LogP contribution in [0.3, 0.4) is 0 Å². The van der Waals surface area contributed by atoms with E-state index >= 15 is 0 Å². The van der Waals surface area contributed by atoms with E-state index in [1.54, 1.807) is 0 Å². The SMILES string of the molecule is CCC(O)(CN)Cc1ccc(Cl)c(C)c1. The van der Waals surface area contributed by atoms with Gasteiger partial charge in [-0.2, -0.15) is 0 Å². The van der Waals surface area contributed by atoms with Gasteiger partial charge in [0.05, 0.1) is 5.60 Å². The van der Waals surface area contributed by atoms with Gasteiger partial charge in [0.15, 0.2) is 0 Å². The van der Waals surface area contributed by atoms with E-state index in [1.165, 1.54) is 0 Å². The predicted molar refractivity (Wildman–Crippen MR) is 64.2 cm³/mol. The monoisotopic (exact) mass is 227 g/mol. The fourth-order valence-electron chi connectivity index (χ4n) is 1.54. The number of halogens is 1.